The van der Waals surface area contributed by atoms with E-state index in [9.17, 15) is 19.2 Å². The van der Waals surface area contributed by atoms with Gasteiger partial charge in [-0.15, -0.1) is 0 Å². The van der Waals surface area contributed by atoms with E-state index in [0.717, 1.165) is 0 Å². The Morgan fingerprint density at radius 2 is 1.56 bits per heavy atom. The van der Waals surface area contributed by atoms with Crippen LogP contribution in [0.4, 0.5) is 4.79 Å². The standard InChI is InChI=1S/C27H32N2O7/c1-17(30)28-20(24(31)34-5)16-21-25(32)35-23(19-14-10-7-11-15-19)22(18-12-8-6-9-13-18)29(21)26(33)36-27(2,3)4/h6-15,20-23H,16H2,1-5H3,(H,28,30)/t20-,21-,22-,23+/m1/s1. The average Bonchev–Trinajstić information content (AvgIpc) is 2.83. The first kappa shape index (κ1) is 26.7. The smallest absolute Gasteiger partial charge is 0.411 e. The average molecular weight is 497 g/mol. The van der Waals surface area contributed by atoms with Crippen LogP contribution in [0.1, 0.15) is 57.4 Å². The van der Waals surface area contributed by atoms with Crippen molar-refractivity contribution in [2.75, 3.05) is 7.11 Å². The highest BCUT2D eigenvalue weighted by molar-refractivity contribution is 5.87. The zero-order valence-electron chi connectivity index (χ0n) is 21.1. The highest BCUT2D eigenvalue weighted by Crippen LogP contribution is 2.43. The maximum atomic E-state index is 13.7. The van der Waals surface area contributed by atoms with Gasteiger partial charge in [-0.2, -0.15) is 0 Å². The van der Waals surface area contributed by atoms with E-state index in [0.29, 0.717) is 11.1 Å². The fraction of sp³-hybridized carbons (Fsp3) is 0.407. The molecule has 1 heterocycles. The summed E-state index contributed by atoms with van der Waals surface area (Å²) in [6.45, 7) is 6.42. The van der Waals surface area contributed by atoms with Crippen LogP contribution < -0.4 is 5.32 Å². The molecule has 2 aromatic carbocycles. The molecule has 0 aliphatic carbocycles. The fourth-order valence-electron chi connectivity index (χ4n) is 4.19. The van der Waals surface area contributed by atoms with Crippen molar-refractivity contribution in [2.24, 2.45) is 0 Å². The minimum Gasteiger partial charge on any atom is -0.467 e. The van der Waals surface area contributed by atoms with E-state index >= 15 is 0 Å². The number of hydrogen-bond acceptors (Lipinski definition) is 7. The van der Waals surface area contributed by atoms with Gasteiger partial charge in [0.1, 0.15) is 23.7 Å². The van der Waals surface area contributed by atoms with Crippen molar-refractivity contribution < 1.29 is 33.4 Å². The second-order valence-corrected chi connectivity index (χ2v) is 9.54. The molecule has 0 spiro atoms. The molecule has 2 amide bonds. The number of amides is 2. The SMILES string of the molecule is COC(=O)[C@@H](C[C@@H]1C(=O)O[C@@H](c2ccccc2)[C@@H](c2ccccc2)N1C(=O)OC(C)(C)C)NC(C)=O. The number of ether oxygens (including phenoxy) is 3. The first-order valence-electron chi connectivity index (χ1n) is 11.7. The highest BCUT2D eigenvalue weighted by Gasteiger charge is 2.50. The third-order valence-corrected chi connectivity index (χ3v) is 5.63. The van der Waals surface area contributed by atoms with Crippen molar-refractivity contribution in [3.05, 3.63) is 71.8 Å². The minimum absolute atomic E-state index is 0.255. The quantitative estimate of drug-likeness (QED) is 0.479. The Hall–Kier alpha value is -3.88. The molecule has 1 saturated heterocycles. The van der Waals surface area contributed by atoms with E-state index in [1.807, 2.05) is 60.7 Å². The van der Waals surface area contributed by atoms with Gasteiger partial charge in [-0.1, -0.05) is 60.7 Å². The van der Waals surface area contributed by atoms with E-state index < -0.39 is 53.8 Å². The first-order chi connectivity index (χ1) is 17.0. The van der Waals surface area contributed by atoms with Crippen LogP contribution in [0.5, 0.6) is 0 Å². The number of esters is 2. The van der Waals surface area contributed by atoms with Gasteiger partial charge in [-0.3, -0.25) is 9.69 Å². The lowest BCUT2D eigenvalue weighted by Crippen LogP contribution is -2.58. The number of nitrogens with one attached hydrogen (secondary N) is 1. The predicted octanol–water partition coefficient (Wildman–Crippen LogP) is 3.70. The number of carbonyl (C=O) groups excluding carboxylic acids is 4. The summed E-state index contributed by atoms with van der Waals surface area (Å²) in [6.07, 6.45) is -1.83. The molecule has 1 fully saturated rings. The zero-order chi connectivity index (χ0) is 26.5. The topological polar surface area (TPSA) is 111 Å². The van der Waals surface area contributed by atoms with Crippen LogP contribution in [0.3, 0.4) is 0 Å². The summed E-state index contributed by atoms with van der Waals surface area (Å²) in [5.41, 5.74) is 0.549. The maximum absolute atomic E-state index is 13.7. The Morgan fingerprint density at radius 3 is 2.06 bits per heavy atom. The van der Waals surface area contributed by atoms with Gasteiger partial charge < -0.3 is 19.5 Å². The van der Waals surface area contributed by atoms with Gasteiger partial charge in [0.25, 0.3) is 0 Å². The molecular formula is C27H32N2O7. The van der Waals surface area contributed by atoms with Crippen molar-refractivity contribution in [1.29, 1.82) is 0 Å². The van der Waals surface area contributed by atoms with Crippen LogP contribution in [0.15, 0.2) is 60.7 Å². The molecule has 3 rings (SSSR count). The lowest BCUT2D eigenvalue weighted by molar-refractivity contribution is -0.175. The number of cyclic esters (lactones) is 1. The summed E-state index contributed by atoms with van der Waals surface area (Å²) >= 11 is 0. The normalized spacial score (nSPS) is 20.6. The van der Waals surface area contributed by atoms with Gasteiger partial charge in [0.15, 0.2) is 6.10 Å². The van der Waals surface area contributed by atoms with Gasteiger partial charge in [-0.25, -0.2) is 14.4 Å². The monoisotopic (exact) mass is 496 g/mol. The maximum Gasteiger partial charge on any atom is 0.411 e. The lowest BCUT2D eigenvalue weighted by Gasteiger charge is -2.45. The van der Waals surface area contributed by atoms with Crippen LogP contribution in [0, 0.1) is 0 Å². The summed E-state index contributed by atoms with van der Waals surface area (Å²) in [5.74, 6) is -1.95. The molecule has 0 bridgehead atoms. The van der Waals surface area contributed by atoms with Gasteiger partial charge in [-0.05, 0) is 31.9 Å². The number of methoxy groups -OCH3 is 1. The second kappa shape index (κ2) is 11.2. The molecule has 0 aromatic heterocycles. The Morgan fingerprint density at radius 1 is 1.00 bits per heavy atom. The summed E-state index contributed by atoms with van der Waals surface area (Å²) in [6, 6.07) is 15.1. The van der Waals surface area contributed by atoms with E-state index in [-0.39, 0.29) is 6.42 Å². The molecule has 1 aliphatic heterocycles. The highest BCUT2D eigenvalue weighted by atomic mass is 16.6. The second-order valence-electron chi connectivity index (χ2n) is 9.54. The molecule has 192 valence electrons. The number of carbonyl (C=O) groups is 4. The molecule has 0 radical (unpaired) electrons. The molecule has 9 nitrogen and oxygen atoms in total. The third-order valence-electron chi connectivity index (χ3n) is 5.63. The molecule has 1 aliphatic rings. The van der Waals surface area contributed by atoms with Crippen molar-refractivity contribution >= 4 is 23.9 Å². The van der Waals surface area contributed by atoms with Crippen LogP contribution in [-0.2, 0) is 28.6 Å². The molecule has 0 unspecified atom stereocenters. The van der Waals surface area contributed by atoms with Crippen LogP contribution >= 0.6 is 0 Å². The fourth-order valence-corrected chi connectivity index (χ4v) is 4.19. The van der Waals surface area contributed by atoms with Gasteiger partial charge >= 0.3 is 18.0 Å². The molecule has 1 N–H and O–H groups in total. The summed E-state index contributed by atoms with van der Waals surface area (Å²) in [5, 5.41) is 2.50. The summed E-state index contributed by atoms with van der Waals surface area (Å²) < 4.78 is 16.5. The number of benzene rings is 2. The molecule has 36 heavy (non-hydrogen) atoms. The minimum atomic E-state index is -1.24. The Labute approximate surface area is 210 Å². The van der Waals surface area contributed by atoms with Gasteiger partial charge in [0, 0.05) is 13.3 Å². The molecular weight excluding hydrogens is 464 g/mol. The zero-order valence-corrected chi connectivity index (χ0v) is 21.1. The van der Waals surface area contributed by atoms with Crippen molar-refractivity contribution in [1.82, 2.24) is 10.2 Å². The van der Waals surface area contributed by atoms with Crippen LogP contribution in [-0.4, -0.2) is 53.6 Å². The molecule has 4 atom stereocenters. The summed E-state index contributed by atoms with van der Waals surface area (Å²) in [4.78, 5) is 52.6. The van der Waals surface area contributed by atoms with Gasteiger partial charge in [0.05, 0.1) is 7.11 Å². The Bertz CT molecular complexity index is 1080. The Balaban J connectivity index is 2.14. The number of morpholine rings is 1. The third kappa shape index (κ3) is 6.41. The van der Waals surface area contributed by atoms with Crippen molar-refractivity contribution in [3.8, 4) is 0 Å². The van der Waals surface area contributed by atoms with E-state index in [1.54, 1.807) is 20.8 Å². The number of rotatable bonds is 6. The van der Waals surface area contributed by atoms with E-state index in [4.69, 9.17) is 14.2 Å². The predicted molar refractivity (Wildman–Crippen MR) is 131 cm³/mol. The largest absolute Gasteiger partial charge is 0.467 e. The first-order valence-corrected chi connectivity index (χ1v) is 11.7. The van der Waals surface area contributed by atoms with E-state index in [2.05, 4.69) is 5.32 Å². The Kier molecular flexibility index (Phi) is 8.34. The lowest BCUT2D eigenvalue weighted by atomic mass is 9.90. The van der Waals surface area contributed by atoms with Crippen LogP contribution in [0.25, 0.3) is 0 Å². The number of hydrogen-bond donors (Lipinski definition) is 1. The molecule has 2 aromatic rings. The molecule has 9 heteroatoms. The van der Waals surface area contributed by atoms with Crippen molar-refractivity contribution in [2.45, 2.75) is 63.9 Å². The molecule has 0 saturated carbocycles. The van der Waals surface area contributed by atoms with Crippen LogP contribution in [0.2, 0.25) is 0 Å². The van der Waals surface area contributed by atoms with Crippen molar-refractivity contribution in [3.63, 3.8) is 0 Å². The van der Waals surface area contributed by atoms with Gasteiger partial charge in [0.2, 0.25) is 5.91 Å². The summed E-state index contributed by atoms with van der Waals surface area (Å²) in [7, 11) is 1.18. The van der Waals surface area contributed by atoms with E-state index in [1.165, 1.54) is 18.9 Å². The number of nitrogens with zero attached hydrogens (tertiary/aromatic N) is 1.